The summed E-state index contributed by atoms with van der Waals surface area (Å²) in [5, 5.41) is 23.3. The number of aliphatic hydroxyl groups excluding tert-OH is 2. The van der Waals surface area contributed by atoms with Crippen molar-refractivity contribution in [1.29, 1.82) is 0 Å². The number of hydrogen-bond acceptors (Lipinski definition) is 5. The maximum absolute atomic E-state index is 12.5. The van der Waals surface area contributed by atoms with E-state index in [1.54, 1.807) is 0 Å². The van der Waals surface area contributed by atoms with Gasteiger partial charge in [0, 0.05) is 12.8 Å². The Morgan fingerprint density at radius 1 is 0.320 bits per heavy atom. The highest BCUT2D eigenvalue weighted by molar-refractivity contribution is 5.76. The first-order valence-corrected chi connectivity index (χ1v) is 34.8. The Hall–Kier alpha value is -1.14. The van der Waals surface area contributed by atoms with Crippen LogP contribution >= 0.6 is 0 Å². The van der Waals surface area contributed by atoms with Gasteiger partial charge in [-0.25, -0.2) is 0 Å². The van der Waals surface area contributed by atoms with Crippen molar-refractivity contribution in [3.05, 3.63) is 0 Å². The molecule has 6 heteroatoms. The largest absolute Gasteiger partial charge is 0.466 e. The fourth-order valence-corrected chi connectivity index (χ4v) is 11.4. The highest BCUT2D eigenvalue weighted by atomic mass is 16.5. The third kappa shape index (κ3) is 61.9. The van der Waals surface area contributed by atoms with E-state index in [2.05, 4.69) is 19.2 Å². The monoisotopic (exact) mass is 1060 g/mol. The van der Waals surface area contributed by atoms with Crippen LogP contribution in [0.25, 0.3) is 0 Å². The van der Waals surface area contributed by atoms with Crippen LogP contribution in [0, 0.1) is 0 Å². The van der Waals surface area contributed by atoms with E-state index < -0.39 is 12.1 Å². The van der Waals surface area contributed by atoms with E-state index in [4.69, 9.17) is 4.74 Å². The highest BCUT2D eigenvalue weighted by Gasteiger charge is 2.20. The quantitative estimate of drug-likeness (QED) is 0.0417. The molecule has 0 aromatic rings. The maximum Gasteiger partial charge on any atom is 0.305 e. The molecule has 2 unspecified atom stereocenters. The summed E-state index contributed by atoms with van der Waals surface area (Å²) in [6.07, 6.45) is 78.6. The van der Waals surface area contributed by atoms with Crippen molar-refractivity contribution in [2.24, 2.45) is 0 Å². The molecule has 0 heterocycles. The lowest BCUT2D eigenvalue weighted by Crippen LogP contribution is -2.45. The first kappa shape index (κ1) is 73.9. The molecule has 0 radical (unpaired) electrons. The van der Waals surface area contributed by atoms with E-state index >= 15 is 0 Å². The maximum atomic E-state index is 12.5. The molecule has 2 atom stereocenters. The number of carbonyl (C=O) groups excluding carboxylic acids is 2. The number of nitrogens with one attached hydrogen (secondary N) is 1. The van der Waals surface area contributed by atoms with Gasteiger partial charge in [0.05, 0.1) is 25.4 Å². The molecular formula is C69H137NO5. The summed E-state index contributed by atoms with van der Waals surface area (Å²) in [6.45, 7) is 5.00. The predicted molar refractivity (Wildman–Crippen MR) is 329 cm³/mol. The molecule has 0 rings (SSSR count). The molecule has 0 aliphatic heterocycles. The van der Waals surface area contributed by atoms with E-state index in [0.717, 1.165) is 38.5 Å². The molecule has 6 nitrogen and oxygen atoms in total. The molecule has 0 saturated carbocycles. The van der Waals surface area contributed by atoms with Crippen LogP contribution in [0.15, 0.2) is 0 Å². The predicted octanol–water partition coefficient (Wildman–Crippen LogP) is 22.2. The van der Waals surface area contributed by atoms with Crippen LogP contribution in [0.1, 0.15) is 406 Å². The summed E-state index contributed by atoms with van der Waals surface area (Å²) in [6, 6.07) is -0.539. The summed E-state index contributed by atoms with van der Waals surface area (Å²) >= 11 is 0. The smallest absolute Gasteiger partial charge is 0.305 e. The number of hydrogen-bond donors (Lipinski definition) is 3. The van der Waals surface area contributed by atoms with E-state index in [9.17, 15) is 19.8 Å². The first-order chi connectivity index (χ1) is 37.0. The van der Waals surface area contributed by atoms with E-state index in [0.29, 0.717) is 25.9 Å². The molecule has 1 amide bonds. The zero-order valence-corrected chi connectivity index (χ0v) is 51.3. The normalized spacial score (nSPS) is 12.4. The standard InChI is InChI=1S/C69H137NO5/c1-3-5-7-9-11-13-15-17-19-30-35-39-43-47-51-55-59-63-69(74)75-64-60-56-52-48-44-40-36-32-29-27-25-23-21-22-24-26-28-31-34-38-42-46-50-54-58-62-68(73)70-66(65-71)67(72)61-57-53-49-45-41-37-33-20-18-16-14-12-10-8-6-4-2/h66-67,71-72H,3-65H2,1-2H3,(H,70,73). The zero-order chi connectivity index (χ0) is 54.3. The minimum atomic E-state index is -0.662. The average molecular weight is 1060 g/mol. The molecule has 0 saturated heterocycles. The lowest BCUT2D eigenvalue weighted by Gasteiger charge is -2.22. The van der Waals surface area contributed by atoms with Crippen molar-refractivity contribution in [2.45, 2.75) is 418 Å². The van der Waals surface area contributed by atoms with Crippen LogP contribution in [0.2, 0.25) is 0 Å². The van der Waals surface area contributed by atoms with Crippen molar-refractivity contribution >= 4 is 11.9 Å². The number of esters is 1. The van der Waals surface area contributed by atoms with Gasteiger partial charge in [-0.05, 0) is 25.7 Å². The first-order valence-electron chi connectivity index (χ1n) is 34.8. The van der Waals surface area contributed by atoms with Gasteiger partial charge in [-0.2, -0.15) is 0 Å². The molecule has 0 spiro atoms. The number of unbranched alkanes of at least 4 members (excludes halogenated alkanes) is 55. The summed E-state index contributed by atoms with van der Waals surface area (Å²) < 4.78 is 5.51. The third-order valence-electron chi connectivity index (χ3n) is 16.7. The Bertz CT molecular complexity index is 1080. The van der Waals surface area contributed by atoms with E-state index in [1.165, 1.54) is 334 Å². The van der Waals surface area contributed by atoms with Crippen LogP contribution < -0.4 is 5.32 Å². The van der Waals surface area contributed by atoms with Crippen LogP contribution in [0.3, 0.4) is 0 Å². The van der Waals surface area contributed by atoms with Gasteiger partial charge in [0.1, 0.15) is 0 Å². The molecule has 0 aromatic heterocycles. The molecule has 0 aliphatic rings. The molecule has 0 aromatic carbocycles. The van der Waals surface area contributed by atoms with Crippen LogP contribution in [-0.4, -0.2) is 47.4 Å². The fraction of sp³-hybridized carbons (Fsp3) is 0.971. The summed E-state index contributed by atoms with van der Waals surface area (Å²) in [4.78, 5) is 24.6. The van der Waals surface area contributed by atoms with Gasteiger partial charge in [0.25, 0.3) is 0 Å². The van der Waals surface area contributed by atoms with Crippen molar-refractivity contribution in [3.8, 4) is 0 Å². The SMILES string of the molecule is CCCCCCCCCCCCCCCCCCCC(=O)OCCCCCCCCCCCCCCCCCCCCCCCCCCCC(=O)NC(CO)C(O)CCCCCCCCCCCCCCCCCC. The average Bonchev–Trinajstić information content (AvgIpc) is 3.41. The molecule has 75 heavy (non-hydrogen) atoms. The topological polar surface area (TPSA) is 95.9 Å². The molecule has 0 aliphatic carbocycles. The van der Waals surface area contributed by atoms with Gasteiger partial charge in [-0.15, -0.1) is 0 Å². The Kier molecular flexibility index (Phi) is 64.4. The number of aliphatic hydroxyl groups is 2. The van der Waals surface area contributed by atoms with Crippen molar-refractivity contribution in [2.75, 3.05) is 13.2 Å². The van der Waals surface area contributed by atoms with Gasteiger partial charge < -0.3 is 20.3 Å². The summed E-state index contributed by atoms with van der Waals surface area (Å²) in [5.41, 5.74) is 0. The Labute approximate surface area is 470 Å². The fourth-order valence-electron chi connectivity index (χ4n) is 11.4. The van der Waals surface area contributed by atoms with E-state index in [-0.39, 0.29) is 18.5 Å². The van der Waals surface area contributed by atoms with Gasteiger partial charge in [-0.3, -0.25) is 9.59 Å². The molecule has 0 bridgehead atoms. The highest BCUT2D eigenvalue weighted by Crippen LogP contribution is 2.19. The lowest BCUT2D eigenvalue weighted by atomic mass is 10.0. The molecule has 3 N–H and O–H groups in total. The second-order valence-corrected chi connectivity index (χ2v) is 24.2. The van der Waals surface area contributed by atoms with Crippen molar-refractivity contribution in [3.63, 3.8) is 0 Å². The van der Waals surface area contributed by atoms with Gasteiger partial charge in [-0.1, -0.05) is 367 Å². The van der Waals surface area contributed by atoms with Crippen molar-refractivity contribution in [1.82, 2.24) is 5.32 Å². The van der Waals surface area contributed by atoms with Crippen LogP contribution in [0.4, 0.5) is 0 Å². The summed E-state index contributed by atoms with van der Waals surface area (Å²) in [5.74, 6) is -0.00743. The Morgan fingerprint density at radius 2 is 0.547 bits per heavy atom. The second-order valence-electron chi connectivity index (χ2n) is 24.2. The summed E-state index contributed by atoms with van der Waals surface area (Å²) in [7, 11) is 0. The number of amides is 1. The molecule has 448 valence electrons. The number of ether oxygens (including phenoxy) is 1. The minimum absolute atomic E-state index is 0.0217. The Morgan fingerprint density at radius 3 is 0.813 bits per heavy atom. The van der Waals surface area contributed by atoms with Crippen LogP contribution in [0.5, 0.6) is 0 Å². The lowest BCUT2D eigenvalue weighted by molar-refractivity contribution is -0.143. The van der Waals surface area contributed by atoms with Gasteiger partial charge in [0.15, 0.2) is 0 Å². The van der Waals surface area contributed by atoms with Gasteiger partial charge >= 0.3 is 5.97 Å². The number of carbonyl (C=O) groups is 2. The second kappa shape index (κ2) is 65.4. The van der Waals surface area contributed by atoms with Gasteiger partial charge in [0.2, 0.25) is 5.91 Å². The van der Waals surface area contributed by atoms with E-state index in [1.807, 2.05) is 0 Å². The Balaban J connectivity index is 3.33. The van der Waals surface area contributed by atoms with Crippen LogP contribution in [-0.2, 0) is 14.3 Å². The number of rotatable bonds is 66. The third-order valence-corrected chi connectivity index (χ3v) is 16.7. The molecule has 0 fully saturated rings. The molecular weight excluding hydrogens is 923 g/mol. The zero-order valence-electron chi connectivity index (χ0n) is 51.3. The van der Waals surface area contributed by atoms with Crippen molar-refractivity contribution < 1.29 is 24.5 Å². The minimum Gasteiger partial charge on any atom is -0.466 e.